The van der Waals surface area contributed by atoms with Gasteiger partial charge in [-0.15, -0.1) is 0 Å². The molecule has 0 fully saturated rings. The van der Waals surface area contributed by atoms with E-state index >= 15 is 0 Å². The zero-order valence-corrected chi connectivity index (χ0v) is 12.5. The molecule has 0 aliphatic carbocycles. The van der Waals surface area contributed by atoms with Crippen LogP contribution in [-0.2, 0) is 4.74 Å². The molecular weight excluding hydrogens is 291 g/mol. The fourth-order valence-corrected chi connectivity index (χ4v) is 1.85. The van der Waals surface area contributed by atoms with Crippen molar-refractivity contribution in [1.29, 1.82) is 0 Å². The lowest BCUT2D eigenvalue weighted by molar-refractivity contribution is -0.186. The molecule has 20 heavy (non-hydrogen) atoms. The monoisotopic (exact) mass is 309 g/mol. The van der Waals surface area contributed by atoms with Crippen LogP contribution in [-0.4, -0.2) is 24.9 Å². The average Bonchev–Trinajstić information content (AvgIpc) is 2.28. The lowest BCUT2D eigenvalue weighted by atomic mass is 10.1. The molecule has 1 atom stereocenters. The smallest absolute Gasteiger partial charge is 0.363 e. The SMILES string of the molecule is CC(C)(C)NCC(OCC(F)(F)F)c1ccccc1Cl. The fraction of sp³-hybridized carbons (Fsp3) is 0.571. The molecule has 1 aromatic carbocycles. The highest BCUT2D eigenvalue weighted by Gasteiger charge is 2.30. The van der Waals surface area contributed by atoms with E-state index in [1.54, 1.807) is 24.3 Å². The van der Waals surface area contributed by atoms with Crippen LogP contribution in [0.2, 0.25) is 5.02 Å². The highest BCUT2D eigenvalue weighted by Crippen LogP contribution is 2.27. The van der Waals surface area contributed by atoms with Crippen LogP contribution in [0.15, 0.2) is 24.3 Å². The third-order valence-corrected chi connectivity index (χ3v) is 2.86. The van der Waals surface area contributed by atoms with Crippen LogP contribution in [0.3, 0.4) is 0 Å². The second-order valence-corrected chi connectivity index (χ2v) is 5.97. The summed E-state index contributed by atoms with van der Waals surface area (Å²) in [6.45, 7) is 4.75. The molecule has 0 saturated carbocycles. The van der Waals surface area contributed by atoms with Gasteiger partial charge in [-0.2, -0.15) is 13.2 Å². The predicted molar refractivity (Wildman–Crippen MR) is 74.0 cm³/mol. The van der Waals surface area contributed by atoms with Crippen LogP contribution < -0.4 is 5.32 Å². The maximum absolute atomic E-state index is 12.3. The largest absolute Gasteiger partial charge is 0.411 e. The standard InChI is InChI=1S/C14H19ClF3NO/c1-13(2,3)19-8-12(20-9-14(16,17)18)10-6-4-5-7-11(10)15/h4-7,12,19H,8-9H2,1-3H3. The summed E-state index contributed by atoms with van der Waals surface area (Å²) in [5, 5.41) is 3.53. The Balaban J connectivity index is 2.82. The summed E-state index contributed by atoms with van der Waals surface area (Å²) in [7, 11) is 0. The second-order valence-electron chi connectivity index (χ2n) is 5.57. The minimum Gasteiger partial charge on any atom is -0.363 e. The van der Waals surface area contributed by atoms with Gasteiger partial charge in [-0.3, -0.25) is 0 Å². The van der Waals surface area contributed by atoms with Crippen LogP contribution in [0.1, 0.15) is 32.4 Å². The van der Waals surface area contributed by atoms with Crippen molar-refractivity contribution >= 4 is 11.6 Å². The van der Waals surface area contributed by atoms with E-state index in [-0.39, 0.29) is 12.1 Å². The molecular formula is C14H19ClF3NO. The maximum Gasteiger partial charge on any atom is 0.411 e. The maximum atomic E-state index is 12.3. The molecule has 6 heteroatoms. The van der Waals surface area contributed by atoms with Crippen molar-refractivity contribution < 1.29 is 17.9 Å². The van der Waals surface area contributed by atoms with Crippen LogP contribution in [0, 0.1) is 0 Å². The summed E-state index contributed by atoms with van der Waals surface area (Å²) < 4.78 is 42.0. The van der Waals surface area contributed by atoms with Gasteiger partial charge in [0.25, 0.3) is 0 Å². The van der Waals surface area contributed by atoms with Crippen molar-refractivity contribution in [2.24, 2.45) is 0 Å². The minimum absolute atomic E-state index is 0.221. The first-order valence-corrected chi connectivity index (χ1v) is 6.64. The Morgan fingerprint density at radius 1 is 1.20 bits per heavy atom. The Kier molecular flexibility index (Phi) is 5.86. The molecule has 0 saturated heterocycles. The quantitative estimate of drug-likeness (QED) is 0.873. The van der Waals surface area contributed by atoms with Gasteiger partial charge in [-0.1, -0.05) is 29.8 Å². The Morgan fingerprint density at radius 3 is 2.30 bits per heavy atom. The number of nitrogens with one attached hydrogen (secondary N) is 1. The first-order chi connectivity index (χ1) is 9.08. The topological polar surface area (TPSA) is 21.3 Å². The van der Waals surface area contributed by atoms with Gasteiger partial charge in [0.1, 0.15) is 6.61 Å². The van der Waals surface area contributed by atoms with Crippen molar-refractivity contribution in [2.75, 3.05) is 13.2 Å². The van der Waals surface area contributed by atoms with Crippen molar-refractivity contribution in [2.45, 2.75) is 38.6 Å². The highest BCUT2D eigenvalue weighted by atomic mass is 35.5. The summed E-state index contributed by atoms with van der Waals surface area (Å²) in [5.41, 5.74) is 0.330. The van der Waals surface area contributed by atoms with E-state index in [2.05, 4.69) is 5.32 Å². The van der Waals surface area contributed by atoms with E-state index in [9.17, 15) is 13.2 Å². The summed E-state index contributed by atoms with van der Waals surface area (Å²) in [4.78, 5) is 0. The zero-order valence-electron chi connectivity index (χ0n) is 11.7. The van der Waals surface area contributed by atoms with Crippen LogP contribution >= 0.6 is 11.6 Å². The Labute approximate surface area is 122 Å². The molecule has 0 heterocycles. The lowest BCUT2D eigenvalue weighted by Crippen LogP contribution is -2.39. The van der Waals surface area contributed by atoms with Crippen molar-refractivity contribution in [3.63, 3.8) is 0 Å². The minimum atomic E-state index is -4.36. The highest BCUT2D eigenvalue weighted by molar-refractivity contribution is 6.31. The fourth-order valence-electron chi connectivity index (χ4n) is 1.59. The molecule has 0 aromatic heterocycles. The molecule has 0 bridgehead atoms. The van der Waals surface area contributed by atoms with Gasteiger partial charge < -0.3 is 10.1 Å². The number of alkyl halides is 3. The summed E-state index contributed by atoms with van der Waals surface area (Å²) >= 11 is 6.03. The first-order valence-electron chi connectivity index (χ1n) is 6.26. The molecule has 0 amide bonds. The predicted octanol–water partition coefficient (Wildman–Crippen LogP) is 4.35. The number of rotatable bonds is 5. The van der Waals surface area contributed by atoms with Crippen LogP contribution in [0.5, 0.6) is 0 Å². The number of halogens is 4. The normalized spacial score (nSPS) is 14.3. The summed E-state index contributed by atoms with van der Waals surface area (Å²) in [6.07, 6.45) is -5.11. The zero-order chi connectivity index (χ0) is 15.4. The first kappa shape index (κ1) is 17.3. The molecule has 2 nitrogen and oxygen atoms in total. The van der Waals surface area contributed by atoms with Crippen molar-refractivity contribution in [3.8, 4) is 0 Å². The van der Waals surface area contributed by atoms with Gasteiger partial charge in [0.2, 0.25) is 0 Å². The van der Waals surface area contributed by atoms with E-state index in [0.29, 0.717) is 10.6 Å². The third kappa shape index (κ3) is 6.59. The van der Waals surface area contributed by atoms with Crippen molar-refractivity contribution in [3.05, 3.63) is 34.9 Å². The van der Waals surface area contributed by atoms with Gasteiger partial charge in [-0.05, 0) is 26.8 Å². The van der Waals surface area contributed by atoms with Gasteiger partial charge in [0.15, 0.2) is 0 Å². The number of hydrogen-bond acceptors (Lipinski definition) is 2. The summed E-state index contributed by atoms with van der Waals surface area (Å²) in [5.74, 6) is 0. The average molecular weight is 310 g/mol. The van der Waals surface area contributed by atoms with Gasteiger partial charge in [0, 0.05) is 22.7 Å². The molecule has 0 aliphatic heterocycles. The molecule has 1 rings (SSSR count). The van der Waals surface area contributed by atoms with E-state index in [4.69, 9.17) is 16.3 Å². The van der Waals surface area contributed by atoms with Crippen molar-refractivity contribution in [1.82, 2.24) is 5.32 Å². The number of ether oxygens (including phenoxy) is 1. The third-order valence-electron chi connectivity index (χ3n) is 2.52. The molecule has 1 aromatic rings. The lowest BCUT2D eigenvalue weighted by Gasteiger charge is -2.26. The number of hydrogen-bond donors (Lipinski definition) is 1. The molecule has 0 aliphatic rings. The van der Waals surface area contributed by atoms with Crippen LogP contribution in [0.25, 0.3) is 0 Å². The van der Waals surface area contributed by atoms with Crippen LogP contribution in [0.4, 0.5) is 13.2 Å². The van der Waals surface area contributed by atoms with Gasteiger partial charge in [-0.25, -0.2) is 0 Å². The second kappa shape index (κ2) is 6.78. The van der Waals surface area contributed by atoms with E-state index in [1.807, 2.05) is 20.8 Å². The molecule has 0 spiro atoms. The number of benzene rings is 1. The van der Waals surface area contributed by atoms with E-state index in [1.165, 1.54) is 0 Å². The van der Waals surface area contributed by atoms with Gasteiger partial charge in [0.05, 0.1) is 6.10 Å². The van der Waals surface area contributed by atoms with E-state index < -0.39 is 18.9 Å². The molecule has 114 valence electrons. The summed E-state index contributed by atoms with van der Waals surface area (Å²) in [6, 6.07) is 6.76. The molecule has 1 unspecified atom stereocenters. The van der Waals surface area contributed by atoms with Gasteiger partial charge >= 0.3 is 6.18 Å². The molecule has 0 radical (unpaired) electrons. The Hall–Kier alpha value is -0.780. The Morgan fingerprint density at radius 2 is 1.80 bits per heavy atom. The van der Waals surface area contributed by atoms with E-state index in [0.717, 1.165) is 0 Å². The molecule has 1 N–H and O–H groups in total. The Bertz CT molecular complexity index is 411.